The van der Waals surface area contributed by atoms with E-state index in [-0.39, 0.29) is 12.3 Å². The zero-order valence-corrected chi connectivity index (χ0v) is 9.79. The van der Waals surface area contributed by atoms with Gasteiger partial charge in [0.25, 0.3) is 0 Å². The van der Waals surface area contributed by atoms with Crippen LogP contribution in [-0.2, 0) is 20.7 Å². The first-order valence-electron chi connectivity index (χ1n) is 5.11. The van der Waals surface area contributed by atoms with Gasteiger partial charge in [0.05, 0.1) is 6.42 Å². The maximum Gasteiger partial charge on any atom is 0.354 e. The van der Waals surface area contributed by atoms with Crippen LogP contribution < -0.4 is 0 Å². The first-order valence-corrected chi connectivity index (χ1v) is 5.11. The van der Waals surface area contributed by atoms with Crippen LogP contribution in [0.1, 0.15) is 5.56 Å². The minimum absolute atomic E-state index is 0.157. The molecule has 5 heteroatoms. The Morgan fingerprint density at radius 2 is 1.94 bits per heavy atom. The van der Waals surface area contributed by atoms with E-state index in [0.29, 0.717) is 0 Å². The van der Waals surface area contributed by atoms with E-state index in [4.69, 9.17) is 9.84 Å². The van der Waals surface area contributed by atoms with Crippen molar-refractivity contribution in [1.29, 1.82) is 0 Å². The fraction of sp³-hybridized carbons (Fsp3) is 0.333. The van der Waals surface area contributed by atoms with E-state index >= 15 is 0 Å². The summed E-state index contributed by atoms with van der Waals surface area (Å²) in [5.41, 5.74) is 0.838. The molecule has 1 N–H and O–H groups in total. The fourth-order valence-electron chi connectivity index (χ4n) is 1.45. The van der Waals surface area contributed by atoms with Crippen molar-refractivity contribution in [2.45, 2.75) is 12.6 Å². The third-order valence-electron chi connectivity index (χ3n) is 2.38. The van der Waals surface area contributed by atoms with Gasteiger partial charge in [-0.2, -0.15) is 0 Å². The van der Waals surface area contributed by atoms with Gasteiger partial charge in [-0.3, -0.25) is 4.79 Å². The molecule has 0 radical (unpaired) electrons. The number of benzene rings is 1. The lowest BCUT2D eigenvalue weighted by Crippen LogP contribution is -2.44. The number of carboxylic acids is 1. The van der Waals surface area contributed by atoms with Crippen LogP contribution in [0.15, 0.2) is 30.3 Å². The molecule has 1 unspecified atom stereocenters. The molecule has 0 heterocycles. The molecular formula is C12H15NO4. The van der Waals surface area contributed by atoms with Crippen LogP contribution >= 0.6 is 0 Å². The molecule has 1 rings (SSSR count). The second-order valence-electron chi connectivity index (χ2n) is 3.59. The van der Waals surface area contributed by atoms with E-state index in [0.717, 1.165) is 10.5 Å². The van der Waals surface area contributed by atoms with Crippen molar-refractivity contribution in [3.63, 3.8) is 0 Å². The Morgan fingerprint density at radius 3 is 2.41 bits per heavy atom. The summed E-state index contributed by atoms with van der Waals surface area (Å²) >= 11 is 0. The van der Waals surface area contributed by atoms with Crippen molar-refractivity contribution in [2.75, 3.05) is 14.2 Å². The molecule has 0 aliphatic carbocycles. The quantitative estimate of drug-likeness (QED) is 0.767. The highest BCUT2D eigenvalue weighted by molar-refractivity contribution is 5.83. The Balaban J connectivity index is 2.67. The first-order chi connectivity index (χ1) is 8.06. The van der Waals surface area contributed by atoms with Crippen molar-refractivity contribution >= 4 is 11.9 Å². The van der Waals surface area contributed by atoms with Crippen LogP contribution in [0, 0.1) is 0 Å². The van der Waals surface area contributed by atoms with Gasteiger partial charge in [0, 0.05) is 14.2 Å². The summed E-state index contributed by atoms with van der Waals surface area (Å²) < 4.78 is 4.74. The molecule has 92 valence electrons. The smallest absolute Gasteiger partial charge is 0.354 e. The van der Waals surface area contributed by atoms with Gasteiger partial charge in [0.15, 0.2) is 0 Å². The number of amides is 1. The minimum atomic E-state index is -1.24. The summed E-state index contributed by atoms with van der Waals surface area (Å²) in [6.45, 7) is 0. The molecule has 0 aliphatic rings. The lowest BCUT2D eigenvalue weighted by Gasteiger charge is -2.23. The number of carboxylic acid groups (broad SMARTS) is 1. The molecule has 1 atom stereocenters. The van der Waals surface area contributed by atoms with E-state index in [1.165, 1.54) is 14.2 Å². The lowest BCUT2D eigenvalue weighted by atomic mass is 10.1. The zero-order valence-electron chi connectivity index (χ0n) is 9.79. The molecule has 0 bridgehead atoms. The van der Waals surface area contributed by atoms with E-state index in [2.05, 4.69) is 0 Å². The molecule has 0 saturated carbocycles. The van der Waals surface area contributed by atoms with Gasteiger partial charge in [-0.1, -0.05) is 30.3 Å². The lowest BCUT2D eigenvalue weighted by molar-refractivity contribution is -0.166. The number of carbonyl (C=O) groups excluding carboxylic acids is 1. The Hall–Kier alpha value is -1.88. The Labute approximate surface area is 99.6 Å². The fourth-order valence-corrected chi connectivity index (χ4v) is 1.45. The summed E-state index contributed by atoms with van der Waals surface area (Å²) in [5, 5.41) is 8.84. The molecule has 1 amide bonds. The predicted molar refractivity (Wildman–Crippen MR) is 61.3 cm³/mol. The summed E-state index contributed by atoms with van der Waals surface area (Å²) in [7, 11) is 2.67. The number of aliphatic carboxylic acids is 1. The van der Waals surface area contributed by atoms with Crippen molar-refractivity contribution < 1.29 is 19.4 Å². The van der Waals surface area contributed by atoms with Gasteiger partial charge in [-0.15, -0.1) is 0 Å². The normalized spacial score (nSPS) is 11.9. The molecule has 0 aliphatic heterocycles. The first kappa shape index (κ1) is 13.2. The molecule has 0 fully saturated rings. The van der Waals surface area contributed by atoms with Crippen molar-refractivity contribution in [3.05, 3.63) is 35.9 Å². The highest BCUT2D eigenvalue weighted by atomic mass is 16.5. The molecule has 5 nitrogen and oxygen atoms in total. The summed E-state index contributed by atoms with van der Waals surface area (Å²) in [6, 6.07) is 9.14. The number of hydrogen-bond acceptors (Lipinski definition) is 3. The number of rotatable bonds is 5. The number of ether oxygens (including phenoxy) is 1. The van der Waals surface area contributed by atoms with Gasteiger partial charge < -0.3 is 14.7 Å². The van der Waals surface area contributed by atoms with E-state index < -0.39 is 12.2 Å². The Kier molecular flexibility index (Phi) is 4.66. The van der Waals surface area contributed by atoms with Gasteiger partial charge >= 0.3 is 5.97 Å². The molecule has 0 aromatic heterocycles. The molecular weight excluding hydrogens is 222 g/mol. The maximum absolute atomic E-state index is 11.8. The number of nitrogens with zero attached hydrogens (tertiary/aromatic N) is 1. The highest BCUT2D eigenvalue weighted by Crippen LogP contribution is 2.05. The maximum atomic E-state index is 11.8. The van der Waals surface area contributed by atoms with Gasteiger partial charge in [0.2, 0.25) is 12.1 Å². The van der Waals surface area contributed by atoms with Crippen LogP contribution in [0.2, 0.25) is 0 Å². The predicted octanol–water partition coefficient (Wildman–Crippen LogP) is 0.745. The molecule has 1 aromatic carbocycles. The highest BCUT2D eigenvalue weighted by Gasteiger charge is 2.25. The second-order valence-corrected chi connectivity index (χ2v) is 3.59. The van der Waals surface area contributed by atoms with Gasteiger partial charge in [-0.05, 0) is 5.56 Å². The molecule has 1 aromatic rings. The Morgan fingerprint density at radius 1 is 1.35 bits per heavy atom. The number of hydrogen-bond donors (Lipinski definition) is 1. The second kappa shape index (κ2) is 6.00. The van der Waals surface area contributed by atoms with Crippen LogP contribution in [0.5, 0.6) is 0 Å². The topological polar surface area (TPSA) is 66.8 Å². The van der Waals surface area contributed by atoms with Crippen molar-refractivity contribution in [1.82, 2.24) is 4.90 Å². The van der Waals surface area contributed by atoms with E-state index in [9.17, 15) is 9.59 Å². The van der Waals surface area contributed by atoms with E-state index in [1.54, 1.807) is 0 Å². The third-order valence-corrected chi connectivity index (χ3v) is 2.38. The largest absolute Gasteiger partial charge is 0.478 e. The monoisotopic (exact) mass is 237 g/mol. The average molecular weight is 237 g/mol. The third kappa shape index (κ3) is 3.57. The number of likely N-dealkylation sites (N-methyl/N-ethyl adjacent to an activating group) is 1. The average Bonchev–Trinajstić information content (AvgIpc) is 2.30. The molecule has 17 heavy (non-hydrogen) atoms. The summed E-state index contributed by atoms with van der Waals surface area (Å²) in [6.07, 6.45) is -1.09. The number of methoxy groups -OCH3 is 1. The number of carbonyl (C=O) groups is 2. The Bertz CT molecular complexity index is 391. The van der Waals surface area contributed by atoms with Gasteiger partial charge in [-0.25, -0.2) is 4.79 Å². The van der Waals surface area contributed by atoms with Crippen LogP contribution in [-0.4, -0.2) is 42.3 Å². The standard InChI is InChI=1S/C12H15NO4/c1-13(11(17-2)12(15)16)10(14)8-9-6-4-3-5-7-9/h3-7,11H,8H2,1-2H3,(H,15,16). The minimum Gasteiger partial charge on any atom is -0.478 e. The summed E-state index contributed by atoms with van der Waals surface area (Å²) in [4.78, 5) is 23.7. The SMILES string of the molecule is COC(C(=O)O)N(C)C(=O)Cc1ccccc1. The molecule has 0 spiro atoms. The van der Waals surface area contributed by atoms with Crippen molar-refractivity contribution in [2.24, 2.45) is 0 Å². The van der Waals surface area contributed by atoms with E-state index in [1.807, 2.05) is 30.3 Å². The zero-order chi connectivity index (χ0) is 12.8. The van der Waals surface area contributed by atoms with Crippen LogP contribution in [0.3, 0.4) is 0 Å². The van der Waals surface area contributed by atoms with Crippen molar-refractivity contribution in [3.8, 4) is 0 Å². The van der Waals surface area contributed by atoms with Crippen LogP contribution in [0.25, 0.3) is 0 Å². The van der Waals surface area contributed by atoms with Crippen LogP contribution in [0.4, 0.5) is 0 Å². The summed E-state index contributed by atoms with van der Waals surface area (Å²) in [5.74, 6) is -1.48. The molecule has 0 saturated heterocycles. The van der Waals surface area contributed by atoms with Gasteiger partial charge in [0.1, 0.15) is 0 Å².